The topological polar surface area (TPSA) is 120 Å². The first-order valence-electron chi connectivity index (χ1n) is 15.8. The molecule has 2 aliphatic heterocycles. The normalized spacial score (nSPS) is 20.4. The molecule has 250 valence electrons. The van der Waals surface area contributed by atoms with Crippen molar-refractivity contribution in [2.45, 2.75) is 83.2 Å². The molecule has 10 nitrogen and oxygen atoms in total. The predicted octanol–water partition coefficient (Wildman–Crippen LogP) is 4.00. The zero-order valence-corrected chi connectivity index (χ0v) is 30.2. The number of ether oxygens (including phenoxy) is 1. The first-order valence-corrected chi connectivity index (χ1v) is 18.5. The van der Waals surface area contributed by atoms with Crippen molar-refractivity contribution in [2.24, 2.45) is 0 Å². The monoisotopic (exact) mass is 714 g/mol. The average Bonchev–Trinajstić information content (AvgIpc) is 2.98. The van der Waals surface area contributed by atoms with E-state index >= 15 is 0 Å². The first kappa shape index (κ1) is 35.8. The lowest BCUT2D eigenvalue weighted by Crippen LogP contribution is -2.68. The molecule has 1 saturated heterocycles. The van der Waals surface area contributed by atoms with Crippen molar-refractivity contribution >= 4 is 52.6 Å². The van der Waals surface area contributed by atoms with Crippen molar-refractivity contribution in [3.63, 3.8) is 0 Å². The van der Waals surface area contributed by atoms with Gasteiger partial charge in [0.05, 0.1) is 6.10 Å². The highest BCUT2D eigenvalue weighted by Crippen LogP contribution is 2.38. The van der Waals surface area contributed by atoms with Gasteiger partial charge in [-0.25, -0.2) is 10.2 Å². The number of nitrogens with one attached hydrogen (secondary N) is 2. The van der Waals surface area contributed by atoms with Gasteiger partial charge in [-0.3, -0.25) is 19.5 Å². The Balaban J connectivity index is 1.63. The van der Waals surface area contributed by atoms with Crippen LogP contribution in [-0.2, 0) is 18.8 Å². The van der Waals surface area contributed by atoms with Gasteiger partial charge in [0.2, 0.25) is 0 Å². The Bertz CT molecular complexity index is 1360. The third-order valence-electron chi connectivity index (χ3n) is 8.10. The molecule has 2 aromatic rings. The molecule has 12 heteroatoms. The summed E-state index contributed by atoms with van der Waals surface area (Å²) in [6.45, 7) is 13.4. The predicted molar refractivity (Wildman–Crippen MR) is 185 cm³/mol. The number of rotatable bonds is 9. The lowest BCUT2D eigenvalue weighted by molar-refractivity contribution is -0.148. The number of carbonyl (C=O) groups is 3. The molecule has 2 heterocycles. The van der Waals surface area contributed by atoms with Crippen LogP contribution in [0.15, 0.2) is 71.2 Å². The highest BCUT2D eigenvalue weighted by atomic mass is 79.9. The lowest BCUT2D eigenvalue weighted by atomic mass is 10.1. The molecule has 3 atom stereocenters. The van der Waals surface area contributed by atoms with Gasteiger partial charge in [0, 0.05) is 30.7 Å². The second-order valence-electron chi connectivity index (χ2n) is 14.0. The SMILES string of the molecule is CC(C)(C)OC(=O)N[C@@H](CN1CC(Br)=CC(O[Si](c2ccccc2)(c2ccccc2)C(C)(C)C)C1)C(=O)N1CCC[C@@H](C(=O)O)N1. The number of hydrazine groups is 1. The summed E-state index contributed by atoms with van der Waals surface area (Å²) in [5, 5.41) is 15.8. The number of carboxylic acid groups (broad SMARTS) is 1. The standard InChI is InChI=1S/C34H47BrN4O6Si/c1-33(2,3)44-32(43)36-29(30(40)39-19-13-18-28(37-39)31(41)42)23-38-21-24(35)20-25(22-38)45-46(34(4,5)6,26-14-9-7-10-15-26)27-16-11-8-12-17-27/h7-12,14-17,20,25,28-29,37H,13,18-19,21-23H2,1-6H3,(H,36,43)(H,41,42)/t25?,28-,29-/m0/s1. The molecular formula is C34H47BrN4O6Si. The van der Waals surface area contributed by atoms with Crippen LogP contribution >= 0.6 is 15.9 Å². The molecule has 0 aromatic heterocycles. The van der Waals surface area contributed by atoms with Gasteiger partial charge in [-0.2, -0.15) is 0 Å². The molecule has 2 aromatic carbocycles. The summed E-state index contributed by atoms with van der Waals surface area (Å²) in [5.74, 6) is -1.45. The summed E-state index contributed by atoms with van der Waals surface area (Å²) < 4.78 is 13.8. The van der Waals surface area contributed by atoms with Crippen LogP contribution < -0.4 is 21.1 Å². The molecule has 2 aliphatic rings. The molecular weight excluding hydrogens is 668 g/mol. The zero-order chi connectivity index (χ0) is 33.7. The van der Waals surface area contributed by atoms with Gasteiger partial charge >= 0.3 is 12.1 Å². The Kier molecular flexibility index (Phi) is 11.5. The smallest absolute Gasteiger partial charge is 0.408 e. The van der Waals surface area contributed by atoms with Gasteiger partial charge in [-0.1, -0.05) is 97.4 Å². The number of hydrogen-bond acceptors (Lipinski definition) is 7. The van der Waals surface area contributed by atoms with Crippen LogP contribution in [0.25, 0.3) is 0 Å². The second-order valence-corrected chi connectivity index (χ2v) is 19.2. The highest BCUT2D eigenvalue weighted by Gasteiger charge is 2.51. The Morgan fingerprint density at radius 1 is 1.02 bits per heavy atom. The summed E-state index contributed by atoms with van der Waals surface area (Å²) in [6.07, 6.45) is 1.99. The summed E-state index contributed by atoms with van der Waals surface area (Å²) in [7, 11) is -2.88. The lowest BCUT2D eigenvalue weighted by Gasteiger charge is -2.46. The van der Waals surface area contributed by atoms with E-state index in [2.05, 4.69) is 107 Å². The molecule has 0 bridgehead atoms. The van der Waals surface area contributed by atoms with Crippen LogP contribution in [0.3, 0.4) is 0 Å². The van der Waals surface area contributed by atoms with Gasteiger partial charge in [0.1, 0.15) is 17.7 Å². The number of alkyl carbamates (subject to hydrolysis) is 1. The van der Waals surface area contributed by atoms with E-state index in [1.807, 2.05) is 12.1 Å². The summed E-state index contributed by atoms with van der Waals surface area (Å²) in [5.41, 5.74) is 2.06. The fourth-order valence-corrected chi connectivity index (χ4v) is 11.4. The number of carboxylic acids is 1. The molecule has 0 spiro atoms. The number of aliphatic carboxylic acids is 1. The number of hydrogen-bond donors (Lipinski definition) is 3. The minimum Gasteiger partial charge on any atom is -0.480 e. The third-order valence-corrected chi connectivity index (χ3v) is 13.7. The van der Waals surface area contributed by atoms with E-state index in [4.69, 9.17) is 9.16 Å². The van der Waals surface area contributed by atoms with Crippen molar-refractivity contribution in [2.75, 3.05) is 26.2 Å². The van der Waals surface area contributed by atoms with Crippen molar-refractivity contribution in [1.82, 2.24) is 20.7 Å². The van der Waals surface area contributed by atoms with E-state index in [1.165, 1.54) is 15.4 Å². The van der Waals surface area contributed by atoms with Gasteiger partial charge in [-0.15, -0.1) is 0 Å². The summed E-state index contributed by atoms with van der Waals surface area (Å²) in [4.78, 5) is 40.6. The van der Waals surface area contributed by atoms with Crippen molar-refractivity contribution in [3.8, 4) is 0 Å². The van der Waals surface area contributed by atoms with Crippen LogP contribution in [-0.4, -0.2) is 91.3 Å². The van der Waals surface area contributed by atoms with E-state index in [0.29, 0.717) is 32.5 Å². The Hall–Kier alpha value is -3.03. The number of halogens is 1. The van der Waals surface area contributed by atoms with E-state index in [9.17, 15) is 19.5 Å². The first-order chi connectivity index (χ1) is 21.6. The molecule has 3 N–H and O–H groups in total. The maximum Gasteiger partial charge on any atom is 0.408 e. The maximum absolute atomic E-state index is 13.9. The summed E-state index contributed by atoms with van der Waals surface area (Å²) >= 11 is 3.73. The van der Waals surface area contributed by atoms with Gasteiger partial charge in [0.15, 0.2) is 0 Å². The Labute approximate surface area is 281 Å². The van der Waals surface area contributed by atoms with Crippen LogP contribution in [0.4, 0.5) is 4.79 Å². The quantitative estimate of drug-likeness (QED) is 0.334. The summed E-state index contributed by atoms with van der Waals surface area (Å²) in [6, 6.07) is 19.0. The van der Waals surface area contributed by atoms with E-state index < -0.39 is 44.0 Å². The van der Waals surface area contributed by atoms with Crippen LogP contribution in [0.2, 0.25) is 5.04 Å². The van der Waals surface area contributed by atoms with E-state index in [1.54, 1.807) is 20.8 Å². The fourth-order valence-electron chi connectivity index (χ4n) is 6.17. The van der Waals surface area contributed by atoms with E-state index in [0.717, 1.165) is 4.48 Å². The van der Waals surface area contributed by atoms with Crippen molar-refractivity contribution in [1.29, 1.82) is 0 Å². The average molecular weight is 716 g/mol. The van der Waals surface area contributed by atoms with Crippen LogP contribution in [0.5, 0.6) is 0 Å². The number of amides is 2. The largest absolute Gasteiger partial charge is 0.480 e. The molecule has 1 unspecified atom stereocenters. The molecule has 0 aliphatic carbocycles. The fraction of sp³-hybridized carbons (Fsp3) is 0.500. The zero-order valence-electron chi connectivity index (χ0n) is 27.6. The van der Waals surface area contributed by atoms with Gasteiger partial charge < -0.3 is 19.6 Å². The number of carbonyl (C=O) groups excluding carboxylic acids is 2. The maximum atomic E-state index is 13.9. The van der Waals surface area contributed by atoms with Crippen LogP contribution in [0.1, 0.15) is 54.4 Å². The highest BCUT2D eigenvalue weighted by molar-refractivity contribution is 9.11. The molecule has 0 saturated carbocycles. The Morgan fingerprint density at radius 3 is 2.13 bits per heavy atom. The van der Waals surface area contributed by atoms with Crippen molar-refractivity contribution < 1.29 is 28.7 Å². The third kappa shape index (κ3) is 8.85. The van der Waals surface area contributed by atoms with E-state index in [-0.39, 0.29) is 17.7 Å². The number of benzene rings is 2. The Morgan fingerprint density at radius 2 is 1.61 bits per heavy atom. The molecule has 2 amide bonds. The minimum absolute atomic E-state index is 0.164. The minimum atomic E-state index is -2.88. The molecule has 46 heavy (non-hydrogen) atoms. The molecule has 0 radical (unpaired) electrons. The molecule has 1 fully saturated rings. The second kappa shape index (κ2) is 14.8. The van der Waals surface area contributed by atoms with Crippen molar-refractivity contribution in [3.05, 3.63) is 71.2 Å². The van der Waals surface area contributed by atoms with Gasteiger partial charge in [-0.05, 0) is 55.1 Å². The van der Waals surface area contributed by atoms with Crippen LogP contribution in [0, 0.1) is 0 Å². The van der Waals surface area contributed by atoms with Gasteiger partial charge in [0.25, 0.3) is 14.2 Å². The number of nitrogens with zero attached hydrogens (tertiary/aromatic N) is 2. The molecule has 4 rings (SSSR count).